The van der Waals surface area contributed by atoms with Crippen LogP contribution in [-0.4, -0.2) is 141 Å². The van der Waals surface area contributed by atoms with Crippen molar-refractivity contribution < 1.29 is 99.5 Å². The summed E-state index contributed by atoms with van der Waals surface area (Å²) in [6.07, 6.45) is 3.27. The standard InChI is InChI=1S/C23H22ClF2N3O6.C22H20ClF2N3O6.2BrH.Mg/c1-11-9-35-23-5-6-34-10-15(23)28-8-13(19(30)20(33-2)18(28)22(32)29(11)23)21(31)27-7-12-3-4-14(25)16(24)17(12)26;1-10-8-34-22-4-5-33-9-14(22)27-7-12(18(29)19(30)17(27)21(32)28(10)22)20(31)26-6-11-2-3-13(24)15(23)16(11)25;;;/h3-4,8,11,15H,5-7,9-10H2,1-2H3,(H,27,31);2-3,7,10,14,30H,4-6,8-9H2,1H3,(H,26,31);2*1H;/q;;;;+2/p-2/t11-,15+,23+;10-,14+,22+;;;/m11.../s1. The van der Waals surface area contributed by atoms with Crippen molar-refractivity contribution in [2.45, 2.75) is 75.4 Å². The molecule has 382 valence electrons. The number of aromatic hydroxyl groups is 1. The summed E-state index contributed by atoms with van der Waals surface area (Å²) in [5, 5.41) is 14.1. The molecule has 0 radical (unpaired) electrons. The van der Waals surface area contributed by atoms with E-state index in [1.807, 2.05) is 13.8 Å². The average molecular weight is 1190 g/mol. The molecule has 18 nitrogen and oxygen atoms in total. The third-order valence-corrected chi connectivity index (χ3v) is 14.1. The summed E-state index contributed by atoms with van der Waals surface area (Å²) in [7, 11) is 1.24. The number of nitrogens with zero attached hydrogens (tertiary/aromatic N) is 4. The number of fused-ring (bicyclic) bond motifs is 4. The van der Waals surface area contributed by atoms with Crippen molar-refractivity contribution in [1.29, 1.82) is 0 Å². The molecule has 8 heterocycles. The van der Waals surface area contributed by atoms with Crippen LogP contribution < -0.4 is 60.2 Å². The Labute approximate surface area is 453 Å². The monoisotopic (exact) mass is 1190 g/mol. The summed E-state index contributed by atoms with van der Waals surface area (Å²) < 4.78 is 86.9. The van der Waals surface area contributed by atoms with Gasteiger partial charge in [0.15, 0.2) is 34.3 Å². The Morgan fingerprint density at radius 2 is 1.12 bits per heavy atom. The molecule has 4 saturated heterocycles. The molecule has 2 aromatic heterocycles. The van der Waals surface area contributed by atoms with Gasteiger partial charge in [-0.2, -0.15) is 0 Å². The van der Waals surface area contributed by atoms with Crippen LogP contribution in [0.2, 0.25) is 10.0 Å². The second-order valence-corrected chi connectivity index (χ2v) is 18.0. The second kappa shape index (κ2) is 21.9. The van der Waals surface area contributed by atoms with Crippen LogP contribution in [0.3, 0.4) is 0 Å². The fourth-order valence-electron chi connectivity index (χ4n) is 10.0. The maximum atomic E-state index is 14.2. The molecule has 2 aromatic carbocycles. The molecule has 2 spiro atoms. The quantitative estimate of drug-likeness (QED) is 0.103. The van der Waals surface area contributed by atoms with E-state index in [-0.39, 0.29) is 129 Å². The zero-order valence-corrected chi connectivity index (χ0v) is 44.4. The first-order valence-corrected chi connectivity index (χ1v) is 22.4. The van der Waals surface area contributed by atoms with Crippen molar-refractivity contribution in [3.05, 3.63) is 124 Å². The number of amides is 4. The van der Waals surface area contributed by atoms with Gasteiger partial charge >= 0.3 is 23.1 Å². The molecule has 4 aromatic rings. The Hall–Kier alpha value is -4.31. The molecule has 0 bridgehead atoms. The predicted octanol–water partition coefficient (Wildman–Crippen LogP) is -2.17. The normalized spacial score (nSPS) is 24.2. The van der Waals surface area contributed by atoms with Crippen LogP contribution >= 0.6 is 23.2 Å². The Kier molecular flexibility index (Phi) is 17.3. The Morgan fingerprint density at radius 3 is 1.57 bits per heavy atom. The van der Waals surface area contributed by atoms with Crippen LogP contribution in [-0.2, 0) is 32.0 Å². The van der Waals surface area contributed by atoms with E-state index < -0.39 is 109 Å². The summed E-state index contributed by atoms with van der Waals surface area (Å²) in [6.45, 7) is 4.60. The van der Waals surface area contributed by atoms with Gasteiger partial charge in [0.25, 0.3) is 23.6 Å². The van der Waals surface area contributed by atoms with Crippen LogP contribution in [0.5, 0.6) is 11.5 Å². The van der Waals surface area contributed by atoms with Crippen molar-refractivity contribution >= 4 is 69.9 Å². The number of aromatic nitrogens is 2. The Morgan fingerprint density at radius 1 is 0.708 bits per heavy atom. The minimum atomic E-state index is -1.05. The van der Waals surface area contributed by atoms with E-state index in [0.717, 1.165) is 24.3 Å². The predicted molar refractivity (Wildman–Crippen MR) is 238 cm³/mol. The zero-order valence-electron chi connectivity index (χ0n) is 38.3. The number of benzene rings is 2. The molecule has 4 fully saturated rings. The summed E-state index contributed by atoms with van der Waals surface area (Å²) >= 11 is 11.2. The number of carbonyl (C=O) groups is 4. The first-order chi connectivity index (χ1) is 32.9. The van der Waals surface area contributed by atoms with Gasteiger partial charge in [-0.25, -0.2) is 17.6 Å². The van der Waals surface area contributed by atoms with Crippen molar-refractivity contribution in [2.75, 3.05) is 46.8 Å². The van der Waals surface area contributed by atoms with E-state index in [2.05, 4.69) is 10.6 Å². The molecule has 0 saturated carbocycles. The van der Waals surface area contributed by atoms with Crippen molar-refractivity contribution in [3.8, 4) is 11.5 Å². The van der Waals surface area contributed by atoms with Crippen LogP contribution in [0.4, 0.5) is 17.6 Å². The van der Waals surface area contributed by atoms with E-state index in [1.165, 1.54) is 33.5 Å². The third kappa shape index (κ3) is 9.11. The summed E-state index contributed by atoms with van der Waals surface area (Å²) in [4.78, 5) is 81.9. The molecule has 6 aliphatic rings. The number of hydrogen-bond acceptors (Lipinski definition) is 12. The van der Waals surface area contributed by atoms with E-state index >= 15 is 0 Å². The smallest absolute Gasteiger partial charge is 1.00 e. The van der Waals surface area contributed by atoms with E-state index in [0.29, 0.717) is 32.7 Å². The number of methoxy groups -OCH3 is 1. The fraction of sp³-hybridized carbons (Fsp3) is 0.422. The summed E-state index contributed by atoms with van der Waals surface area (Å²) in [6, 6.07) is 2.55. The molecule has 6 atom stereocenters. The first-order valence-electron chi connectivity index (χ1n) is 21.6. The second-order valence-electron chi connectivity index (χ2n) is 17.2. The molecule has 0 unspecified atom stereocenters. The van der Waals surface area contributed by atoms with E-state index in [4.69, 9.17) is 46.9 Å². The summed E-state index contributed by atoms with van der Waals surface area (Å²) in [5.41, 5.74) is -5.00. The van der Waals surface area contributed by atoms with Crippen molar-refractivity contribution in [2.24, 2.45) is 0 Å². The number of rotatable bonds is 7. The number of pyridine rings is 2. The van der Waals surface area contributed by atoms with Crippen molar-refractivity contribution in [1.82, 2.24) is 29.6 Å². The topological polar surface area (TPSA) is 209 Å². The number of hydrogen-bond donors (Lipinski definition) is 3. The Balaban J connectivity index is 0.000000226. The summed E-state index contributed by atoms with van der Waals surface area (Å²) in [5.74, 6) is -7.83. The fourth-order valence-corrected chi connectivity index (χ4v) is 10.4. The number of ether oxygens (including phenoxy) is 5. The van der Waals surface area contributed by atoms with Crippen LogP contribution in [0.25, 0.3) is 0 Å². The maximum Gasteiger partial charge on any atom is 2.00 e. The van der Waals surface area contributed by atoms with Gasteiger partial charge in [-0.1, -0.05) is 35.3 Å². The average Bonchev–Trinajstić information content (AvgIpc) is 3.85. The molecule has 6 aliphatic heterocycles. The van der Waals surface area contributed by atoms with Crippen molar-refractivity contribution in [3.63, 3.8) is 0 Å². The van der Waals surface area contributed by atoms with Gasteiger partial charge in [0.05, 0.1) is 58.8 Å². The van der Waals surface area contributed by atoms with Crippen LogP contribution in [0.1, 0.15) is 91.6 Å². The van der Waals surface area contributed by atoms with Gasteiger partial charge in [-0.05, 0) is 26.0 Å². The molecular weight excluding hydrogens is 1150 g/mol. The Bertz CT molecular complexity index is 2990. The molecule has 4 amide bonds. The van der Waals surface area contributed by atoms with Gasteiger partial charge in [0.1, 0.15) is 56.5 Å². The minimum Gasteiger partial charge on any atom is -1.00 e. The zero-order chi connectivity index (χ0) is 49.4. The van der Waals surface area contributed by atoms with Gasteiger partial charge in [0.2, 0.25) is 10.9 Å². The minimum absolute atomic E-state index is 0. The van der Waals surface area contributed by atoms with Gasteiger partial charge in [-0.15, -0.1) is 0 Å². The largest absolute Gasteiger partial charge is 2.00 e. The molecular formula is C45H42Br2Cl2F4MgN6O12. The first kappa shape index (κ1) is 57.0. The molecule has 27 heteroatoms. The third-order valence-electron chi connectivity index (χ3n) is 13.4. The van der Waals surface area contributed by atoms with E-state index in [9.17, 15) is 51.4 Å². The molecule has 10 rings (SSSR count). The number of carbonyl (C=O) groups excluding carboxylic acids is 4. The number of halogens is 8. The maximum absolute atomic E-state index is 14.2. The SMILES string of the molecule is COc1c2n(cc(C(=O)NCc3ccc(F)c(Cl)c3F)c1=O)[C@H]1COCC[C@]13OC[C@@H](C)N3C2=O.C[C@@H]1CO[C@@]23CCOC[C@@H]2n2cc(C(=O)NCc4ccc(F)c(Cl)c4F)c(=O)c(O)c2C(=O)N13.[Br-].[Br-].[Mg+2]. The van der Waals surface area contributed by atoms with Gasteiger partial charge < -0.3 is 92.3 Å². The number of nitrogens with one attached hydrogen (secondary N) is 2. The molecule has 3 N–H and O–H groups in total. The molecule has 0 aliphatic carbocycles. The van der Waals surface area contributed by atoms with Gasteiger partial charge in [-0.3, -0.25) is 28.8 Å². The van der Waals surface area contributed by atoms with Crippen LogP contribution in [0, 0.1) is 23.3 Å². The van der Waals surface area contributed by atoms with E-state index in [1.54, 1.807) is 4.90 Å². The molecule has 72 heavy (non-hydrogen) atoms. The van der Waals surface area contributed by atoms with Crippen LogP contribution in [0.15, 0.2) is 46.2 Å². The van der Waals surface area contributed by atoms with Gasteiger partial charge in [0, 0.05) is 49.5 Å².